The summed E-state index contributed by atoms with van der Waals surface area (Å²) in [5.74, 6) is 2.12. The van der Waals surface area contributed by atoms with E-state index in [2.05, 4.69) is 35.6 Å². The van der Waals surface area contributed by atoms with E-state index in [4.69, 9.17) is 10.5 Å². The van der Waals surface area contributed by atoms with Crippen LogP contribution in [0.15, 0.2) is 54.2 Å². The molecule has 0 unspecified atom stereocenters. The zero-order chi connectivity index (χ0) is 25.6. The molecule has 4 aromatic rings. The van der Waals surface area contributed by atoms with Crippen LogP contribution in [0.25, 0.3) is 11.5 Å². The van der Waals surface area contributed by atoms with Crippen LogP contribution >= 0.6 is 11.3 Å². The third-order valence-corrected chi connectivity index (χ3v) is 6.99. The molecule has 37 heavy (non-hydrogen) atoms. The van der Waals surface area contributed by atoms with Gasteiger partial charge in [-0.1, -0.05) is 6.07 Å². The zero-order valence-electron chi connectivity index (χ0n) is 20.4. The zero-order valence-corrected chi connectivity index (χ0v) is 21.2. The van der Waals surface area contributed by atoms with E-state index in [1.54, 1.807) is 30.6 Å². The van der Waals surface area contributed by atoms with E-state index in [0.29, 0.717) is 52.2 Å². The number of nitrogens with one attached hydrogen (secondary N) is 2. The Morgan fingerprint density at radius 1 is 1.03 bits per heavy atom. The molecule has 1 saturated carbocycles. The molecule has 0 radical (unpaired) electrons. The van der Waals surface area contributed by atoms with E-state index in [1.807, 2.05) is 30.5 Å². The van der Waals surface area contributed by atoms with E-state index < -0.39 is 0 Å². The summed E-state index contributed by atoms with van der Waals surface area (Å²) in [5, 5.41) is 8.16. The summed E-state index contributed by atoms with van der Waals surface area (Å²) in [7, 11) is 0. The highest BCUT2D eigenvalue weighted by atomic mass is 32.1. The Balaban J connectivity index is 1.19. The summed E-state index contributed by atoms with van der Waals surface area (Å²) in [6.07, 6.45) is 7.31. The molecule has 1 aliphatic rings. The van der Waals surface area contributed by atoms with E-state index in [-0.39, 0.29) is 12.0 Å². The van der Waals surface area contributed by atoms with Gasteiger partial charge in [-0.2, -0.15) is 4.98 Å². The van der Waals surface area contributed by atoms with Crippen molar-refractivity contribution in [3.8, 4) is 11.5 Å². The molecule has 0 aromatic carbocycles. The van der Waals surface area contributed by atoms with E-state index in [0.717, 1.165) is 31.4 Å². The molecule has 1 aliphatic carbocycles. The molecule has 190 valence electrons. The maximum Gasteiger partial charge on any atom is 0.348 e. The quantitative estimate of drug-likeness (QED) is 0.278. The standard InChI is InChI=1S/C26H28N8O2S/c1-16-3-2-4-20(30-16)24-28-11-9-22(33-24)32-23-10-12-29-26(34-23)31-19-13-21(37-15-19)25(35)36-14-17-5-7-18(27)8-6-17/h2-4,9-13,15,17-18H,5-8,14,27H2,1H3,(H2,28,29,31,32,33,34). The van der Waals surface area contributed by atoms with E-state index in [9.17, 15) is 4.79 Å². The Labute approximate surface area is 218 Å². The van der Waals surface area contributed by atoms with Crippen LogP contribution in [0, 0.1) is 12.8 Å². The first kappa shape index (κ1) is 24.7. The number of hydrogen-bond donors (Lipinski definition) is 3. The Morgan fingerprint density at radius 2 is 1.81 bits per heavy atom. The molecule has 0 amide bonds. The number of esters is 1. The van der Waals surface area contributed by atoms with Gasteiger partial charge in [0.25, 0.3) is 0 Å². The van der Waals surface area contributed by atoms with Gasteiger partial charge in [-0.15, -0.1) is 11.3 Å². The summed E-state index contributed by atoms with van der Waals surface area (Å²) in [6.45, 7) is 2.36. The molecule has 0 bridgehead atoms. The van der Waals surface area contributed by atoms with Crippen molar-refractivity contribution in [2.45, 2.75) is 38.6 Å². The predicted octanol–water partition coefficient (Wildman–Crippen LogP) is 4.86. The fourth-order valence-electron chi connectivity index (χ4n) is 4.10. The second-order valence-electron chi connectivity index (χ2n) is 9.02. The molecule has 11 heteroatoms. The normalized spacial score (nSPS) is 17.2. The Morgan fingerprint density at radius 3 is 2.62 bits per heavy atom. The second kappa shape index (κ2) is 11.4. The highest BCUT2D eigenvalue weighted by Gasteiger charge is 2.21. The molecule has 1 fully saturated rings. The van der Waals surface area contributed by atoms with Gasteiger partial charge in [-0.05, 0) is 68.9 Å². The molecule has 4 aromatic heterocycles. The molecule has 0 saturated heterocycles. The lowest BCUT2D eigenvalue weighted by Crippen LogP contribution is -2.28. The first-order valence-corrected chi connectivity index (χ1v) is 13.1. The Bertz CT molecular complexity index is 1370. The summed E-state index contributed by atoms with van der Waals surface area (Å²) < 4.78 is 5.55. The number of aryl methyl sites for hydroxylation is 1. The van der Waals surface area contributed by atoms with Crippen LogP contribution in [0.1, 0.15) is 41.0 Å². The first-order chi connectivity index (χ1) is 18.0. The number of nitrogens with zero attached hydrogens (tertiary/aromatic N) is 5. The number of nitrogens with two attached hydrogens (primary N) is 1. The van der Waals surface area contributed by atoms with Crippen LogP contribution < -0.4 is 16.4 Å². The molecule has 0 aliphatic heterocycles. The third kappa shape index (κ3) is 6.63. The number of hydrogen-bond acceptors (Lipinski definition) is 11. The highest BCUT2D eigenvalue weighted by Crippen LogP contribution is 2.26. The van der Waals surface area contributed by atoms with Crippen molar-refractivity contribution in [3.63, 3.8) is 0 Å². The second-order valence-corrected chi connectivity index (χ2v) is 9.94. The van der Waals surface area contributed by atoms with Crippen LogP contribution in [-0.2, 0) is 4.74 Å². The van der Waals surface area contributed by atoms with Crippen LogP contribution in [-0.4, -0.2) is 43.5 Å². The monoisotopic (exact) mass is 516 g/mol. The highest BCUT2D eigenvalue weighted by molar-refractivity contribution is 7.12. The number of thiophene rings is 1. The largest absolute Gasteiger partial charge is 0.461 e. The van der Waals surface area contributed by atoms with Gasteiger partial charge in [-0.25, -0.2) is 24.7 Å². The molecule has 10 nitrogen and oxygen atoms in total. The number of pyridine rings is 1. The molecular weight excluding hydrogens is 488 g/mol. The Kier molecular flexibility index (Phi) is 7.62. The number of aromatic nitrogens is 5. The average Bonchev–Trinajstić information content (AvgIpc) is 3.37. The van der Waals surface area contributed by atoms with Gasteiger partial charge in [0, 0.05) is 29.5 Å². The fraction of sp³-hybridized carbons (Fsp3) is 0.308. The van der Waals surface area contributed by atoms with Crippen LogP contribution in [0.5, 0.6) is 0 Å². The molecule has 4 N–H and O–H groups in total. The number of carbonyl (C=O) groups excluding carboxylic acids is 1. The maximum atomic E-state index is 12.5. The van der Waals surface area contributed by atoms with Crippen LogP contribution in [0.2, 0.25) is 0 Å². The molecule has 5 rings (SSSR count). The van der Waals surface area contributed by atoms with Crippen molar-refractivity contribution in [3.05, 3.63) is 64.7 Å². The number of ether oxygens (including phenoxy) is 1. The van der Waals surface area contributed by atoms with Gasteiger partial charge in [0.15, 0.2) is 5.82 Å². The van der Waals surface area contributed by atoms with Crippen molar-refractivity contribution < 1.29 is 9.53 Å². The van der Waals surface area contributed by atoms with Gasteiger partial charge in [0.05, 0.1) is 12.3 Å². The molecular formula is C26H28N8O2S. The smallest absolute Gasteiger partial charge is 0.348 e. The van der Waals surface area contributed by atoms with Crippen LogP contribution in [0.4, 0.5) is 23.3 Å². The SMILES string of the molecule is Cc1cccc(-c2nccc(Nc3ccnc(Nc4csc(C(=O)OCC5CCC(N)CC5)c4)n3)n2)n1. The summed E-state index contributed by atoms with van der Waals surface area (Å²) >= 11 is 1.32. The number of rotatable bonds is 8. The van der Waals surface area contributed by atoms with E-state index >= 15 is 0 Å². The van der Waals surface area contributed by atoms with Crippen molar-refractivity contribution in [1.29, 1.82) is 0 Å². The molecule has 0 spiro atoms. The van der Waals surface area contributed by atoms with Gasteiger partial charge in [0.2, 0.25) is 5.95 Å². The summed E-state index contributed by atoms with van der Waals surface area (Å²) in [6, 6.07) is 11.2. The predicted molar refractivity (Wildman–Crippen MR) is 143 cm³/mol. The minimum atomic E-state index is -0.313. The lowest BCUT2D eigenvalue weighted by atomic mass is 9.87. The van der Waals surface area contributed by atoms with E-state index in [1.165, 1.54) is 11.3 Å². The van der Waals surface area contributed by atoms with Gasteiger partial charge in [-0.3, -0.25) is 0 Å². The average molecular weight is 517 g/mol. The van der Waals surface area contributed by atoms with Gasteiger partial charge < -0.3 is 21.1 Å². The third-order valence-electron chi connectivity index (χ3n) is 6.08. The maximum absolute atomic E-state index is 12.5. The summed E-state index contributed by atoms with van der Waals surface area (Å²) in [5.41, 5.74) is 8.26. The number of anilines is 4. The van der Waals surface area contributed by atoms with Crippen molar-refractivity contribution in [2.75, 3.05) is 17.2 Å². The minimum Gasteiger partial charge on any atom is -0.461 e. The van der Waals surface area contributed by atoms with Crippen molar-refractivity contribution >= 4 is 40.6 Å². The van der Waals surface area contributed by atoms with Crippen molar-refractivity contribution in [2.24, 2.45) is 11.7 Å². The first-order valence-electron chi connectivity index (χ1n) is 12.2. The summed E-state index contributed by atoms with van der Waals surface area (Å²) in [4.78, 5) is 35.2. The van der Waals surface area contributed by atoms with Crippen LogP contribution in [0.3, 0.4) is 0 Å². The number of carbonyl (C=O) groups is 1. The van der Waals surface area contributed by atoms with Crippen molar-refractivity contribution in [1.82, 2.24) is 24.9 Å². The van der Waals surface area contributed by atoms with Gasteiger partial charge >= 0.3 is 5.97 Å². The fourth-order valence-corrected chi connectivity index (χ4v) is 4.83. The minimum absolute atomic E-state index is 0.281. The Hall–Kier alpha value is -3.96. The topological polar surface area (TPSA) is 141 Å². The lowest BCUT2D eigenvalue weighted by molar-refractivity contribution is 0.0412. The molecule has 0 atom stereocenters. The van der Waals surface area contributed by atoms with Gasteiger partial charge in [0.1, 0.15) is 22.2 Å². The molecule has 4 heterocycles. The lowest BCUT2D eigenvalue weighted by Gasteiger charge is -2.25.